The van der Waals surface area contributed by atoms with E-state index in [1.165, 1.54) is 24.1 Å². The number of hydrogen-bond donors (Lipinski definition) is 2. The number of carbonyl (C=O) groups is 3. The van der Waals surface area contributed by atoms with Gasteiger partial charge in [-0.3, -0.25) is 9.59 Å². The third-order valence-electron chi connectivity index (χ3n) is 6.38. The molecule has 2 N–H and O–H groups in total. The first-order valence-corrected chi connectivity index (χ1v) is 12.3. The molecule has 3 rings (SSSR count). The number of nitrogens with one attached hydrogen (secondary N) is 2. The molecule has 0 fully saturated rings. The van der Waals surface area contributed by atoms with Crippen LogP contribution in [0.5, 0.6) is 5.75 Å². The number of likely N-dealkylation sites (N-methyl/N-ethyl adjacent to an activating group) is 1. The van der Waals surface area contributed by atoms with Crippen LogP contribution in [-0.2, 0) is 14.3 Å². The Kier molecular flexibility index (Phi) is 10.0. The van der Waals surface area contributed by atoms with Crippen molar-refractivity contribution in [2.45, 2.75) is 26.0 Å². The van der Waals surface area contributed by atoms with Crippen molar-refractivity contribution in [3.05, 3.63) is 53.8 Å². The Labute approximate surface area is 222 Å². The quantitative estimate of drug-likeness (QED) is 0.613. The van der Waals surface area contributed by atoms with Crippen LogP contribution in [0.4, 0.5) is 20.6 Å². The molecular formula is C27H35FN4O6. The second-order valence-corrected chi connectivity index (χ2v) is 9.35. The Hall–Kier alpha value is -3.70. The highest BCUT2D eigenvalue weighted by molar-refractivity contribution is 5.99. The van der Waals surface area contributed by atoms with Gasteiger partial charge in [0.1, 0.15) is 24.8 Å². The van der Waals surface area contributed by atoms with E-state index in [4.69, 9.17) is 14.2 Å². The number of rotatable bonds is 5. The molecule has 1 heterocycles. The average molecular weight is 531 g/mol. The Balaban J connectivity index is 1.93. The van der Waals surface area contributed by atoms with Crippen molar-refractivity contribution in [1.82, 2.24) is 9.80 Å². The molecule has 1 aliphatic heterocycles. The summed E-state index contributed by atoms with van der Waals surface area (Å²) in [5, 5.41) is 5.34. The molecule has 0 radical (unpaired) electrons. The second-order valence-electron chi connectivity index (χ2n) is 9.35. The zero-order chi connectivity index (χ0) is 27.8. The molecule has 0 aliphatic carbocycles. The molecule has 4 amide bonds. The highest BCUT2D eigenvalue weighted by atomic mass is 19.1. The van der Waals surface area contributed by atoms with Crippen molar-refractivity contribution in [3.63, 3.8) is 0 Å². The maximum atomic E-state index is 14.2. The highest BCUT2D eigenvalue weighted by Gasteiger charge is 2.30. The molecular weight excluding hydrogens is 495 g/mol. The number of urea groups is 1. The van der Waals surface area contributed by atoms with E-state index in [9.17, 15) is 18.8 Å². The molecule has 206 valence electrons. The van der Waals surface area contributed by atoms with Gasteiger partial charge in [-0.1, -0.05) is 19.1 Å². The van der Waals surface area contributed by atoms with Crippen LogP contribution in [0.25, 0.3) is 0 Å². The molecule has 3 atom stereocenters. The van der Waals surface area contributed by atoms with Crippen molar-refractivity contribution in [2.75, 3.05) is 58.2 Å². The van der Waals surface area contributed by atoms with Gasteiger partial charge in [0.25, 0.3) is 5.91 Å². The maximum absolute atomic E-state index is 14.2. The summed E-state index contributed by atoms with van der Waals surface area (Å²) in [7, 11) is 4.62. The molecule has 0 unspecified atom stereocenters. The minimum Gasteiger partial charge on any atom is -0.491 e. The number of carbonyl (C=O) groups excluding carboxylic acids is 3. The third kappa shape index (κ3) is 7.20. The smallest absolute Gasteiger partial charge is 0.322 e. The lowest BCUT2D eigenvalue weighted by Gasteiger charge is -2.36. The fourth-order valence-electron chi connectivity index (χ4n) is 4.21. The van der Waals surface area contributed by atoms with Gasteiger partial charge >= 0.3 is 6.03 Å². The van der Waals surface area contributed by atoms with E-state index in [1.807, 2.05) is 13.8 Å². The fraction of sp³-hybridized carbons (Fsp3) is 0.444. The zero-order valence-electron chi connectivity index (χ0n) is 22.3. The van der Waals surface area contributed by atoms with Gasteiger partial charge in [-0.05, 0) is 37.3 Å². The van der Waals surface area contributed by atoms with Crippen LogP contribution in [0.15, 0.2) is 42.5 Å². The normalized spacial score (nSPS) is 20.5. The summed E-state index contributed by atoms with van der Waals surface area (Å²) in [5.41, 5.74) is 0.741. The van der Waals surface area contributed by atoms with Gasteiger partial charge in [0, 0.05) is 46.0 Å². The van der Waals surface area contributed by atoms with Crippen LogP contribution in [0.3, 0.4) is 0 Å². The number of ether oxygens (including phenoxy) is 3. The Morgan fingerprint density at radius 1 is 1.11 bits per heavy atom. The van der Waals surface area contributed by atoms with E-state index < -0.39 is 24.0 Å². The van der Waals surface area contributed by atoms with Crippen LogP contribution >= 0.6 is 0 Å². The SMILES string of the molecule is COCC(=O)Nc1ccc2c(c1)C(=O)N(C)C[C@@H](OC)[C@H](C)CN(C(=O)Nc1ccccc1F)[C@H](C)CO2. The second kappa shape index (κ2) is 13.2. The van der Waals surface area contributed by atoms with Crippen LogP contribution < -0.4 is 15.4 Å². The van der Waals surface area contributed by atoms with E-state index in [2.05, 4.69) is 10.6 Å². The van der Waals surface area contributed by atoms with Crippen molar-refractivity contribution in [3.8, 4) is 5.75 Å². The molecule has 0 aromatic heterocycles. The first-order chi connectivity index (χ1) is 18.1. The lowest BCUT2D eigenvalue weighted by atomic mass is 10.0. The van der Waals surface area contributed by atoms with Gasteiger partial charge in [0.05, 0.1) is 23.4 Å². The Morgan fingerprint density at radius 3 is 2.53 bits per heavy atom. The van der Waals surface area contributed by atoms with Gasteiger partial charge in [-0.15, -0.1) is 0 Å². The molecule has 38 heavy (non-hydrogen) atoms. The monoisotopic (exact) mass is 530 g/mol. The minimum atomic E-state index is -0.538. The molecule has 0 saturated heterocycles. The predicted octanol–water partition coefficient (Wildman–Crippen LogP) is 3.45. The van der Waals surface area contributed by atoms with Crippen molar-refractivity contribution >= 4 is 29.2 Å². The third-order valence-corrected chi connectivity index (χ3v) is 6.38. The van der Waals surface area contributed by atoms with Gasteiger partial charge in [0.15, 0.2) is 0 Å². The lowest BCUT2D eigenvalue weighted by molar-refractivity contribution is -0.119. The first-order valence-electron chi connectivity index (χ1n) is 12.3. The standard InChI is InChI=1S/C27H35FN4O6/c1-17-13-32(27(35)30-22-9-7-6-8-21(22)28)18(2)15-38-23-11-10-19(29-25(33)16-36-4)12-20(23)26(34)31(3)14-24(17)37-5/h6-12,17-18,24H,13-16H2,1-5H3,(H,29,33)(H,30,35)/t17-,18-,24-/m1/s1. The van der Waals surface area contributed by atoms with Crippen LogP contribution in [0, 0.1) is 11.7 Å². The van der Waals surface area contributed by atoms with Crippen molar-refractivity contribution < 1.29 is 33.0 Å². The number of nitrogens with zero attached hydrogens (tertiary/aromatic N) is 2. The number of fused-ring (bicyclic) bond motifs is 1. The number of hydrogen-bond acceptors (Lipinski definition) is 6. The lowest BCUT2D eigenvalue weighted by Crippen LogP contribution is -2.50. The van der Waals surface area contributed by atoms with Crippen LogP contribution in [-0.4, -0.2) is 87.4 Å². The molecule has 0 bridgehead atoms. The van der Waals surface area contributed by atoms with E-state index in [1.54, 1.807) is 49.4 Å². The summed E-state index contributed by atoms with van der Waals surface area (Å²) in [5.74, 6) is -1.08. The number of amides is 4. The summed E-state index contributed by atoms with van der Waals surface area (Å²) in [6.45, 7) is 4.20. The van der Waals surface area contributed by atoms with E-state index >= 15 is 0 Å². The average Bonchev–Trinajstić information content (AvgIpc) is 2.89. The van der Waals surface area contributed by atoms with E-state index in [0.29, 0.717) is 11.4 Å². The number of benzene rings is 2. The van der Waals surface area contributed by atoms with Crippen LogP contribution in [0.1, 0.15) is 24.2 Å². The van der Waals surface area contributed by atoms with Crippen LogP contribution in [0.2, 0.25) is 0 Å². The minimum absolute atomic E-state index is 0.0639. The predicted molar refractivity (Wildman–Crippen MR) is 141 cm³/mol. The fourth-order valence-corrected chi connectivity index (χ4v) is 4.21. The van der Waals surface area contributed by atoms with Crippen molar-refractivity contribution in [2.24, 2.45) is 5.92 Å². The Morgan fingerprint density at radius 2 is 1.84 bits per heavy atom. The van der Waals surface area contributed by atoms with Gasteiger partial charge < -0.3 is 34.6 Å². The Bertz CT molecular complexity index is 1150. The molecule has 2 aromatic rings. The number of anilines is 2. The molecule has 2 aromatic carbocycles. The van der Waals surface area contributed by atoms with Gasteiger partial charge in [0.2, 0.25) is 5.91 Å². The highest BCUT2D eigenvalue weighted by Crippen LogP contribution is 2.27. The van der Waals surface area contributed by atoms with E-state index in [-0.39, 0.29) is 55.3 Å². The number of para-hydroxylation sites is 1. The largest absolute Gasteiger partial charge is 0.491 e. The summed E-state index contributed by atoms with van der Waals surface area (Å²) in [6.07, 6.45) is -0.395. The first kappa shape index (κ1) is 28.9. The number of halogens is 1. The topological polar surface area (TPSA) is 109 Å². The maximum Gasteiger partial charge on any atom is 0.322 e. The molecule has 10 nitrogen and oxygen atoms in total. The van der Waals surface area contributed by atoms with Gasteiger partial charge in [-0.25, -0.2) is 9.18 Å². The molecule has 0 spiro atoms. The molecule has 11 heteroatoms. The summed E-state index contributed by atoms with van der Waals surface area (Å²) in [4.78, 5) is 41.8. The van der Waals surface area contributed by atoms with Gasteiger partial charge in [-0.2, -0.15) is 0 Å². The molecule has 1 aliphatic rings. The summed E-state index contributed by atoms with van der Waals surface area (Å²) < 4.78 is 30.8. The zero-order valence-corrected chi connectivity index (χ0v) is 22.3. The summed E-state index contributed by atoms with van der Waals surface area (Å²) in [6, 6.07) is 9.80. The van der Waals surface area contributed by atoms with E-state index in [0.717, 1.165) is 0 Å². The van der Waals surface area contributed by atoms with Crippen molar-refractivity contribution in [1.29, 1.82) is 0 Å². The number of methoxy groups -OCH3 is 2. The summed E-state index contributed by atoms with van der Waals surface area (Å²) >= 11 is 0. The molecule has 0 saturated carbocycles.